The van der Waals surface area contributed by atoms with Gasteiger partial charge >= 0.3 is 11.9 Å². The molecule has 0 atom stereocenters. The highest BCUT2D eigenvalue weighted by Crippen LogP contribution is 2.13. The highest BCUT2D eigenvalue weighted by atomic mass is 16.6. The minimum absolute atomic E-state index is 0.0273. The summed E-state index contributed by atoms with van der Waals surface area (Å²) < 4.78 is 15.5. The maximum atomic E-state index is 11.9. The lowest BCUT2D eigenvalue weighted by Crippen LogP contribution is -2.10. The summed E-state index contributed by atoms with van der Waals surface area (Å²) in [5, 5.41) is 0. The number of rotatable bonds is 25. The molecule has 1 aromatic rings. The van der Waals surface area contributed by atoms with E-state index in [1.807, 2.05) is 44.2 Å². The maximum absolute atomic E-state index is 11.9. The van der Waals surface area contributed by atoms with Crippen molar-refractivity contribution in [1.82, 2.24) is 0 Å². The van der Waals surface area contributed by atoms with Crippen LogP contribution < -0.4 is 0 Å². The molecule has 0 spiro atoms. The lowest BCUT2D eigenvalue weighted by atomic mass is 10.0. The Hall–Kier alpha value is -2.30. The third kappa shape index (κ3) is 26.6. The topological polar surface area (TPSA) is 61.8 Å². The summed E-state index contributed by atoms with van der Waals surface area (Å²) in [5.41, 5.74) is 0.922. The van der Waals surface area contributed by atoms with E-state index in [-0.39, 0.29) is 17.8 Å². The third-order valence-corrected chi connectivity index (χ3v) is 7.10. The Kier molecular flexibility index (Phi) is 28.5. The Bertz CT molecular complexity index is 772. The van der Waals surface area contributed by atoms with E-state index in [1.54, 1.807) is 6.08 Å². The summed E-state index contributed by atoms with van der Waals surface area (Å²) in [6.07, 6.45) is 26.7. The average molecular weight is 589 g/mol. The van der Waals surface area contributed by atoms with E-state index in [9.17, 15) is 9.59 Å². The quantitative estimate of drug-likeness (QED) is 0.0492. The zero-order chi connectivity index (χ0) is 31.1. The molecule has 0 N–H and O–H groups in total. The zero-order valence-electron chi connectivity index (χ0n) is 27.9. The molecule has 1 aromatic carbocycles. The van der Waals surface area contributed by atoms with E-state index in [4.69, 9.17) is 14.2 Å². The molecule has 0 aromatic heterocycles. The molecule has 0 radical (unpaired) electrons. The Labute approximate surface area is 259 Å². The molecule has 5 nitrogen and oxygen atoms in total. The largest absolute Gasteiger partial charge is 0.490 e. The van der Waals surface area contributed by atoms with Crippen molar-refractivity contribution in [2.75, 3.05) is 13.7 Å². The Morgan fingerprint density at radius 1 is 0.667 bits per heavy atom. The van der Waals surface area contributed by atoms with Crippen LogP contribution in [0.15, 0.2) is 36.1 Å². The normalized spacial score (nSPS) is 11.1. The molecule has 0 saturated heterocycles. The number of esters is 2. The third-order valence-electron chi connectivity index (χ3n) is 7.10. The molecule has 0 aliphatic carbocycles. The van der Waals surface area contributed by atoms with Crippen LogP contribution in [0.25, 0.3) is 6.08 Å². The Morgan fingerprint density at radius 2 is 1.12 bits per heavy atom. The predicted octanol–water partition coefficient (Wildman–Crippen LogP) is 11.0. The molecule has 0 aliphatic rings. The van der Waals surface area contributed by atoms with Crippen LogP contribution in [-0.2, 0) is 23.8 Å². The van der Waals surface area contributed by atoms with Crippen molar-refractivity contribution in [3.8, 4) is 0 Å². The molecule has 0 amide bonds. The standard InChI is InChI=1S/C19H38O2.C18H26O3/c1-4-5-6-7-8-9-10-11-12-13-14-15-16-17-19(20)21-18(2)3;1-3-4-5-6-7-11-14-21-18(19)17(20-2)15-16-12-9-8-10-13-16/h18H,4-17H2,1-3H3;8-10,12-13,15H,3-7,11,14H2,1-2H3. The van der Waals surface area contributed by atoms with E-state index in [0.29, 0.717) is 13.0 Å². The highest BCUT2D eigenvalue weighted by molar-refractivity contribution is 5.91. The van der Waals surface area contributed by atoms with Crippen LogP contribution in [-0.4, -0.2) is 31.8 Å². The zero-order valence-corrected chi connectivity index (χ0v) is 27.9. The van der Waals surface area contributed by atoms with Gasteiger partial charge in [0.05, 0.1) is 19.8 Å². The van der Waals surface area contributed by atoms with E-state index in [0.717, 1.165) is 24.8 Å². The van der Waals surface area contributed by atoms with Crippen LogP contribution in [0.3, 0.4) is 0 Å². The predicted molar refractivity (Wildman–Crippen MR) is 177 cm³/mol. The molecule has 0 heterocycles. The molecule has 0 bridgehead atoms. The average Bonchev–Trinajstić information content (AvgIpc) is 2.98. The summed E-state index contributed by atoms with van der Waals surface area (Å²) in [5.74, 6) is -0.185. The minimum Gasteiger partial charge on any atom is -0.490 e. The van der Waals surface area contributed by atoms with Crippen LogP contribution in [0.4, 0.5) is 0 Å². The van der Waals surface area contributed by atoms with Gasteiger partial charge in [-0.2, -0.15) is 0 Å². The first-order valence-electron chi connectivity index (χ1n) is 17.1. The number of hydrogen-bond donors (Lipinski definition) is 0. The number of carbonyl (C=O) groups excluding carboxylic acids is 2. The first-order valence-corrected chi connectivity index (χ1v) is 17.1. The summed E-state index contributed by atoms with van der Waals surface area (Å²) in [7, 11) is 1.49. The SMILES string of the molecule is CCCCCCCCCCCCCCCC(=O)OC(C)C.CCCCCCCCOC(=O)C(=Cc1ccccc1)OC. The molecule has 0 fully saturated rings. The number of ether oxygens (including phenoxy) is 3. The number of carbonyl (C=O) groups is 2. The fraction of sp³-hybridized carbons (Fsp3) is 0.730. The summed E-state index contributed by atoms with van der Waals surface area (Å²) in [4.78, 5) is 23.2. The second kappa shape index (κ2) is 30.2. The van der Waals surface area contributed by atoms with Gasteiger partial charge in [0.1, 0.15) is 0 Å². The van der Waals surface area contributed by atoms with Gasteiger partial charge in [-0.3, -0.25) is 4.79 Å². The van der Waals surface area contributed by atoms with Crippen LogP contribution in [0.2, 0.25) is 0 Å². The summed E-state index contributed by atoms with van der Waals surface area (Å²) in [6.45, 7) is 8.74. The number of hydrogen-bond acceptors (Lipinski definition) is 5. The fourth-order valence-corrected chi connectivity index (χ4v) is 4.63. The molecule has 242 valence electrons. The van der Waals surface area contributed by atoms with Gasteiger partial charge in [0, 0.05) is 6.42 Å². The molecule has 0 unspecified atom stereocenters. The van der Waals surface area contributed by atoms with Crippen molar-refractivity contribution < 1.29 is 23.8 Å². The monoisotopic (exact) mass is 588 g/mol. The molecule has 1 rings (SSSR count). The molecule has 5 heteroatoms. The second-order valence-electron chi connectivity index (χ2n) is 11.6. The second-order valence-corrected chi connectivity index (χ2v) is 11.6. The van der Waals surface area contributed by atoms with Gasteiger partial charge in [-0.15, -0.1) is 0 Å². The lowest BCUT2D eigenvalue weighted by molar-refractivity contribution is -0.147. The van der Waals surface area contributed by atoms with Crippen molar-refractivity contribution >= 4 is 18.0 Å². The van der Waals surface area contributed by atoms with Gasteiger partial charge < -0.3 is 14.2 Å². The van der Waals surface area contributed by atoms with Gasteiger partial charge in [-0.25, -0.2) is 4.79 Å². The van der Waals surface area contributed by atoms with Crippen molar-refractivity contribution in [3.05, 3.63) is 41.7 Å². The van der Waals surface area contributed by atoms with Gasteiger partial charge in [0.25, 0.3) is 0 Å². The van der Waals surface area contributed by atoms with E-state index >= 15 is 0 Å². The smallest absolute Gasteiger partial charge is 0.373 e. The molecule has 42 heavy (non-hydrogen) atoms. The summed E-state index contributed by atoms with van der Waals surface area (Å²) >= 11 is 0. The Morgan fingerprint density at radius 3 is 1.57 bits per heavy atom. The van der Waals surface area contributed by atoms with E-state index < -0.39 is 5.97 Å². The van der Waals surface area contributed by atoms with Crippen molar-refractivity contribution in [3.63, 3.8) is 0 Å². The molecule has 0 aliphatic heterocycles. The van der Waals surface area contributed by atoms with E-state index in [1.165, 1.54) is 110 Å². The first-order chi connectivity index (χ1) is 20.4. The van der Waals surface area contributed by atoms with Gasteiger partial charge in [0.2, 0.25) is 5.76 Å². The molecular weight excluding hydrogens is 524 g/mol. The lowest BCUT2D eigenvalue weighted by Gasteiger charge is -2.07. The number of methoxy groups -OCH3 is 1. The van der Waals surface area contributed by atoms with Crippen LogP contribution >= 0.6 is 0 Å². The van der Waals surface area contributed by atoms with Gasteiger partial charge in [0.15, 0.2) is 0 Å². The summed E-state index contributed by atoms with van der Waals surface area (Å²) in [6, 6.07) is 9.60. The number of unbranched alkanes of at least 4 members (excludes halogenated alkanes) is 17. The van der Waals surface area contributed by atoms with Gasteiger partial charge in [-0.1, -0.05) is 153 Å². The highest BCUT2D eigenvalue weighted by Gasteiger charge is 2.11. The van der Waals surface area contributed by atoms with E-state index in [2.05, 4.69) is 13.8 Å². The van der Waals surface area contributed by atoms with Crippen molar-refractivity contribution in [1.29, 1.82) is 0 Å². The first kappa shape index (κ1) is 39.7. The Balaban J connectivity index is 0.000000800. The minimum atomic E-state index is -0.394. The van der Waals surface area contributed by atoms with Crippen LogP contribution in [0.1, 0.15) is 162 Å². The van der Waals surface area contributed by atoms with Gasteiger partial charge in [-0.05, 0) is 38.3 Å². The number of benzene rings is 1. The van der Waals surface area contributed by atoms with Crippen molar-refractivity contribution in [2.45, 2.75) is 162 Å². The molecular formula is C37H64O5. The fourth-order valence-electron chi connectivity index (χ4n) is 4.63. The maximum Gasteiger partial charge on any atom is 0.373 e. The molecule has 0 saturated carbocycles. The van der Waals surface area contributed by atoms with Crippen LogP contribution in [0, 0.1) is 0 Å². The van der Waals surface area contributed by atoms with Crippen LogP contribution in [0.5, 0.6) is 0 Å². The van der Waals surface area contributed by atoms with Crippen molar-refractivity contribution in [2.24, 2.45) is 0 Å².